The number of carbonyl (C=O) groups excluding carboxylic acids is 2. The van der Waals surface area contributed by atoms with Crippen LogP contribution < -0.4 is 10.6 Å². The number of nitrogens with one attached hydrogen (secondary N) is 2. The lowest BCUT2D eigenvalue weighted by Crippen LogP contribution is -2.49. The van der Waals surface area contributed by atoms with Crippen LogP contribution >= 0.6 is 11.3 Å². The summed E-state index contributed by atoms with van der Waals surface area (Å²) in [5, 5.41) is 21.1. The van der Waals surface area contributed by atoms with Crippen LogP contribution in [0.1, 0.15) is 39.3 Å². The van der Waals surface area contributed by atoms with E-state index in [-0.39, 0.29) is 17.6 Å². The first-order valence-corrected chi connectivity index (χ1v) is 12.3. The molecule has 1 unspecified atom stereocenters. The summed E-state index contributed by atoms with van der Waals surface area (Å²) in [6.45, 7) is 10.6. The summed E-state index contributed by atoms with van der Waals surface area (Å²) in [5.74, 6) is 0.465. The molecule has 1 aliphatic heterocycles. The van der Waals surface area contributed by atoms with Crippen LogP contribution in [-0.4, -0.2) is 74.7 Å². The van der Waals surface area contributed by atoms with Gasteiger partial charge in [0.15, 0.2) is 10.9 Å². The maximum atomic E-state index is 12.9. The molecule has 10 nitrogen and oxygen atoms in total. The van der Waals surface area contributed by atoms with E-state index >= 15 is 0 Å². The van der Waals surface area contributed by atoms with Gasteiger partial charge in [-0.3, -0.25) is 14.3 Å². The SMILES string of the molecule is Cc1cn(C(C)C(=O)N2CCN(C)CC2)nc1Nc1ncc(C(=O)Nc2c(C)ccc(O)c2C)s1. The number of nitrogens with zero attached hydrogens (tertiary/aromatic N) is 5. The van der Waals surface area contributed by atoms with Gasteiger partial charge in [-0.2, -0.15) is 5.10 Å². The molecule has 2 aromatic heterocycles. The molecule has 0 saturated carbocycles. The number of anilines is 3. The lowest BCUT2D eigenvalue weighted by atomic mass is 10.1. The number of carbonyl (C=O) groups is 2. The fourth-order valence-electron chi connectivity index (χ4n) is 3.95. The van der Waals surface area contributed by atoms with E-state index < -0.39 is 6.04 Å². The van der Waals surface area contributed by atoms with E-state index in [0.29, 0.717) is 27.1 Å². The number of hydrogen-bond acceptors (Lipinski definition) is 8. The van der Waals surface area contributed by atoms with Crippen LogP contribution in [0.2, 0.25) is 0 Å². The van der Waals surface area contributed by atoms with Crippen molar-refractivity contribution in [3.8, 4) is 5.75 Å². The number of benzene rings is 1. The van der Waals surface area contributed by atoms with Gasteiger partial charge in [0, 0.05) is 43.5 Å². The van der Waals surface area contributed by atoms with Gasteiger partial charge in [-0.1, -0.05) is 17.4 Å². The van der Waals surface area contributed by atoms with E-state index in [1.165, 1.54) is 17.5 Å². The van der Waals surface area contributed by atoms with E-state index in [2.05, 4.69) is 32.7 Å². The molecule has 3 heterocycles. The maximum Gasteiger partial charge on any atom is 0.267 e. The average molecular weight is 498 g/mol. The summed E-state index contributed by atoms with van der Waals surface area (Å²) in [6.07, 6.45) is 3.34. The minimum atomic E-state index is -0.418. The molecular formula is C24H31N7O3S. The van der Waals surface area contributed by atoms with Crippen molar-refractivity contribution in [3.05, 3.63) is 46.1 Å². The Morgan fingerprint density at radius 3 is 2.54 bits per heavy atom. The fraction of sp³-hybridized carbons (Fsp3) is 0.417. The highest BCUT2D eigenvalue weighted by molar-refractivity contribution is 7.17. The molecule has 1 atom stereocenters. The molecule has 1 aromatic carbocycles. The predicted molar refractivity (Wildman–Crippen MR) is 137 cm³/mol. The van der Waals surface area contributed by atoms with E-state index in [1.54, 1.807) is 23.7 Å². The van der Waals surface area contributed by atoms with Gasteiger partial charge in [-0.15, -0.1) is 0 Å². The molecule has 1 fully saturated rings. The largest absolute Gasteiger partial charge is 0.508 e. The Morgan fingerprint density at radius 1 is 1.11 bits per heavy atom. The first-order chi connectivity index (χ1) is 16.6. The Labute approximate surface area is 208 Å². The van der Waals surface area contributed by atoms with Crippen molar-refractivity contribution >= 4 is 39.8 Å². The number of phenols is 1. The van der Waals surface area contributed by atoms with Gasteiger partial charge in [0.25, 0.3) is 5.91 Å². The van der Waals surface area contributed by atoms with Crippen LogP contribution in [0.5, 0.6) is 5.75 Å². The summed E-state index contributed by atoms with van der Waals surface area (Å²) < 4.78 is 1.67. The highest BCUT2D eigenvalue weighted by atomic mass is 32.1. The van der Waals surface area contributed by atoms with Crippen molar-refractivity contribution < 1.29 is 14.7 Å². The predicted octanol–water partition coefficient (Wildman–Crippen LogP) is 3.30. The van der Waals surface area contributed by atoms with E-state index in [1.807, 2.05) is 31.9 Å². The molecule has 0 radical (unpaired) electrons. The molecule has 3 aromatic rings. The molecule has 35 heavy (non-hydrogen) atoms. The van der Waals surface area contributed by atoms with Gasteiger partial charge in [0.05, 0.1) is 11.9 Å². The van der Waals surface area contributed by atoms with Gasteiger partial charge >= 0.3 is 0 Å². The van der Waals surface area contributed by atoms with E-state index in [0.717, 1.165) is 37.3 Å². The molecule has 2 amide bonds. The average Bonchev–Trinajstić information content (AvgIpc) is 3.46. The Balaban J connectivity index is 1.43. The molecule has 1 saturated heterocycles. The second-order valence-corrected chi connectivity index (χ2v) is 9.99. The summed E-state index contributed by atoms with van der Waals surface area (Å²) in [7, 11) is 2.06. The highest BCUT2D eigenvalue weighted by Gasteiger charge is 2.26. The van der Waals surface area contributed by atoms with Crippen molar-refractivity contribution in [2.45, 2.75) is 33.7 Å². The lowest BCUT2D eigenvalue weighted by Gasteiger charge is -2.33. The van der Waals surface area contributed by atoms with Crippen LogP contribution in [0.4, 0.5) is 16.6 Å². The summed E-state index contributed by atoms with van der Waals surface area (Å²) in [4.78, 5) is 34.6. The van der Waals surface area contributed by atoms with E-state index in [4.69, 9.17) is 0 Å². The van der Waals surface area contributed by atoms with Crippen molar-refractivity contribution in [1.82, 2.24) is 24.6 Å². The van der Waals surface area contributed by atoms with Gasteiger partial charge in [0.1, 0.15) is 16.7 Å². The number of phenolic OH excluding ortho intramolecular Hbond substituents is 1. The zero-order valence-corrected chi connectivity index (χ0v) is 21.4. The number of piperazine rings is 1. The molecule has 1 aliphatic rings. The first kappa shape index (κ1) is 24.7. The maximum absolute atomic E-state index is 12.9. The smallest absolute Gasteiger partial charge is 0.267 e. The highest BCUT2D eigenvalue weighted by Crippen LogP contribution is 2.30. The summed E-state index contributed by atoms with van der Waals surface area (Å²) in [6, 6.07) is 2.95. The summed E-state index contributed by atoms with van der Waals surface area (Å²) in [5.41, 5.74) is 2.93. The molecule has 3 N–H and O–H groups in total. The Kier molecular flexibility index (Phi) is 7.08. The monoisotopic (exact) mass is 497 g/mol. The van der Waals surface area contributed by atoms with Crippen LogP contribution in [0.15, 0.2) is 24.5 Å². The third-order valence-electron chi connectivity index (χ3n) is 6.32. The molecule has 0 aliphatic carbocycles. The van der Waals surface area contributed by atoms with Crippen molar-refractivity contribution in [3.63, 3.8) is 0 Å². The van der Waals surface area contributed by atoms with Gasteiger partial charge in [-0.25, -0.2) is 4.98 Å². The van der Waals surface area contributed by atoms with Crippen molar-refractivity contribution in [1.29, 1.82) is 0 Å². The minimum absolute atomic E-state index is 0.0536. The zero-order valence-electron chi connectivity index (χ0n) is 20.6. The van der Waals surface area contributed by atoms with Crippen LogP contribution in [-0.2, 0) is 4.79 Å². The molecule has 11 heteroatoms. The van der Waals surface area contributed by atoms with Crippen LogP contribution in [0.3, 0.4) is 0 Å². The quantitative estimate of drug-likeness (QED) is 0.479. The van der Waals surface area contributed by atoms with Gasteiger partial charge in [-0.05, 0) is 46.4 Å². The molecular weight excluding hydrogens is 466 g/mol. The lowest BCUT2D eigenvalue weighted by molar-refractivity contribution is -0.136. The fourth-order valence-corrected chi connectivity index (χ4v) is 4.66. The Bertz CT molecular complexity index is 1240. The minimum Gasteiger partial charge on any atom is -0.508 e. The van der Waals surface area contributed by atoms with Crippen molar-refractivity contribution in [2.75, 3.05) is 43.9 Å². The second kappa shape index (κ2) is 10.0. The van der Waals surface area contributed by atoms with Gasteiger partial charge in [0.2, 0.25) is 5.91 Å². The summed E-state index contributed by atoms with van der Waals surface area (Å²) >= 11 is 1.20. The molecule has 0 spiro atoms. The third kappa shape index (κ3) is 5.30. The number of aromatic hydroxyl groups is 1. The number of likely N-dealkylation sites (N-methyl/N-ethyl adjacent to an activating group) is 1. The normalized spacial score (nSPS) is 15.2. The molecule has 0 bridgehead atoms. The third-order valence-corrected chi connectivity index (χ3v) is 7.23. The van der Waals surface area contributed by atoms with Gasteiger partial charge < -0.3 is 25.5 Å². The van der Waals surface area contributed by atoms with Crippen LogP contribution in [0, 0.1) is 20.8 Å². The first-order valence-electron chi connectivity index (χ1n) is 11.5. The number of aryl methyl sites for hydroxylation is 2. The number of rotatable bonds is 6. The number of amides is 2. The number of hydrogen-bond donors (Lipinski definition) is 3. The standard InChI is InChI=1S/C24H31N7O3S/c1-14-6-7-18(32)16(3)20(14)26-22(33)19-12-25-24(35-19)27-21-15(2)13-31(28-21)17(4)23(34)30-10-8-29(5)9-11-30/h6-7,12-13,17,32H,8-11H2,1-5H3,(H,26,33)(H,25,27,28). The van der Waals surface area contributed by atoms with Crippen molar-refractivity contribution in [2.24, 2.45) is 0 Å². The molecule has 4 rings (SSSR count). The topological polar surface area (TPSA) is 116 Å². The molecule has 186 valence electrons. The van der Waals surface area contributed by atoms with Crippen LogP contribution in [0.25, 0.3) is 0 Å². The number of aromatic nitrogens is 3. The Morgan fingerprint density at radius 2 is 1.83 bits per heavy atom. The second-order valence-electron chi connectivity index (χ2n) is 8.96. The Hall–Kier alpha value is -3.44. The number of thiazole rings is 1. The van der Waals surface area contributed by atoms with E-state index in [9.17, 15) is 14.7 Å². The zero-order chi connectivity index (χ0) is 25.3.